The number of rotatable bonds is 18. The van der Waals surface area contributed by atoms with E-state index in [0.717, 1.165) is 6.54 Å². The number of hydrogen-bond acceptors (Lipinski definition) is 1. The zero-order valence-electron chi connectivity index (χ0n) is 15.4. The second-order valence-electron chi connectivity index (χ2n) is 6.80. The van der Waals surface area contributed by atoms with Crippen molar-refractivity contribution in [2.45, 2.75) is 122 Å². The summed E-state index contributed by atoms with van der Waals surface area (Å²) < 4.78 is 0. The summed E-state index contributed by atoms with van der Waals surface area (Å²) in [6, 6.07) is 0. The summed E-state index contributed by atoms with van der Waals surface area (Å²) in [5.74, 6) is 0. The quantitative estimate of drug-likeness (QED) is 0.178. The minimum Gasteiger partial charge on any atom is -0.330 e. The molecular formula is C20H44IN. The molecule has 0 bridgehead atoms. The molecule has 0 radical (unpaired) electrons. The maximum absolute atomic E-state index is 5.49. The Bertz CT molecular complexity index is 155. The summed E-state index contributed by atoms with van der Waals surface area (Å²) in [7, 11) is 0. The Labute approximate surface area is 158 Å². The third-order valence-electron chi connectivity index (χ3n) is 4.56. The summed E-state index contributed by atoms with van der Waals surface area (Å²) in [5, 5.41) is 0. The van der Waals surface area contributed by atoms with Gasteiger partial charge in [0.25, 0.3) is 0 Å². The Morgan fingerprint density at radius 2 is 0.636 bits per heavy atom. The SMILES string of the molecule is CCCCCCCCCCCCCCCCCCCCN.I. The Kier molecular flexibility index (Phi) is 27.1. The predicted octanol–water partition coefficient (Wildman–Crippen LogP) is 7.60. The van der Waals surface area contributed by atoms with Gasteiger partial charge in [0.2, 0.25) is 0 Å². The van der Waals surface area contributed by atoms with Crippen molar-refractivity contribution < 1.29 is 0 Å². The Hall–Kier alpha value is 0.690. The van der Waals surface area contributed by atoms with E-state index in [9.17, 15) is 0 Å². The highest BCUT2D eigenvalue weighted by Crippen LogP contribution is 2.14. The third-order valence-corrected chi connectivity index (χ3v) is 4.56. The van der Waals surface area contributed by atoms with Crippen LogP contribution in [-0.4, -0.2) is 6.54 Å². The smallest absolute Gasteiger partial charge is 0.00773 e. The van der Waals surface area contributed by atoms with Crippen molar-refractivity contribution in [3.8, 4) is 0 Å². The van der Waals surface area contributed by atoms with Crippen LogP contribution in [0, 0.1) is 0 Å². The molecule has 0 aromatic rings. The molecule has 22 heavy (non-hydrogen) atoms. The number of unbranched alkanes of at least 4 members (excludes halogenated alkanes) is 17. The van der Waals surface area contributed by atoms with Gasteiger partial charge >= 0.3 is 0 Å². The van der Waals surface area contributed by atoms with Crippen LogP contribution in [0.3, 0.4) is 0 Å². The van der Waals surface area contributed by atoms with Crippen molar-refractivity contribution in [3.63, 3.8) is 0 Å². The monoisotopic (exact) mass is 425 g/mol. The first-order valence-electron chi connectivity index (χ1n) is 10.1. The standard InChI is InChI=1S/C20H43N.HI/c1-2-3-4-5-6-7-8-9-10-11-12-13-14-15-16-17-18-19-20-21;/h2-21H2,1H3;1H. The molecule has 0 aliphatic heterocycles. The largest absolute Gasteiger partial charge is 0.330 e. The molecule has 0 fully saturated rings. The van der Waals surface area contributed by atoms with E-state index in [1.54, 1.807) is 0 Å². The van der Waals surface area contributed by atoms with Crippen molar-refractivity contribution >= 4 is 24.0 Å². The summed E-state index contributed by atoms with van der Waals surface area (Å²) in [6.45, 7) is 3.17. The fourth-order valence-electron chi connectivity index (χ4n) is 3.05. The van der Waals surface area contributed by atoms with Crippen LogP contribution in [0.4, 0.5) is 0 Å². The highest BCUT2D eigenvalue weighted by molar-refractivity contribution is 14.0. The van der Waals surface area contributed by atoms with Crippen LogP contribution in [0.1, 0.15) is 122 Å². The lowest BCUT2D eigenvalue weighted by Crippen LogP contribution is -1.97. The molecule has 2 heteroatoms. The van der Waals surface area contributed by atoms with Gasteiger partial charge in [0, 0.05) is 0 Å². The predicted molar refractivity (Wildman–Crippen MR) is 113 cm³/mol. The normalized spacial score (nSPS) is 10.6. The van der Waals surface area contributed by atoms with Gasteiger partial charge in [0.05, 0.1) is 0 Å². The van der Waals surface area contributed by atoms with Crippen LogP contribution in [0.15, 0.2) is 0 Å². The molecule has 0 atom stereocenters. The molecule has 136 valence electrons. The van der Waals surface area contributed by atoms with Gasteiger partial charge in [-0.15, -0.1) is 24.0 Å². The summed E-state index contributed by atoms with van der Waals surface area (Å²) >= 11 is 0. The maximum atomic E-state index is 5.49. The zero-order chi connectivity index (χ0) is 15.4. The number of halogens is 1. The van der Waals surface area contributed by atoms with Crippen LogP contribution in [0.25, 0.3) is 0 Å². The third kappa shape index (κ3) is 23.0. The van der Waals surface area contributed by atoms with Gasteiger partial charge < -0.3 is 5.73 Å². The lowest BCUT2D eigenvalue weighted by atomic mass is 10.0. The number of nitrogens with two attached hydrogens (primary N) is 1. The van der Waals surface area contributed by atoms with E-state index in [2.05, 4.69) is 6.92 Å². The molecule has 2 N–H and O–H groups in total. The highest BCUT2D eigenvalue weighted by Gasteiger charge is 1.94. The van der Waals surface area contributed by atoms with Crippen molar-refractivity contribution in [1.82, 2.24) is 0 Å². The van der Waals surface area contributed by atoms with Crippen LogP contribution in [-0.2, 0) is 0 Å². The van der Waals surface area contributed by atoms with E-state index >= 15 is 0 Å². The van der Waals surface area contributed by atoms with E-state index < -0.39 is 0 Å². The molecule has 0 aromatic heterocycles. The van der Waals surface area contributed by atoms with Crippen LogP contribution in [0.5, 0.6) is 0 Å². The minimum absolute atomic E-state index is 0. The van der Waals surface area contributed by atoms with Crippen LogP contribution in [0.2, 0.25) is 0 Å². The van der Waals surface area contributed by atoms with E-state index in [0.29, 0.717) is 0 Å². The Morgan fingerprint density at radius 1 is 0.409 bits per heavy atom. The summed E-state index contributed by atoms with van der Waals surface area (Å²) in [6.07, 6.45) is 25.8. The van der Waals surface area contributed by atoms with E-state index in [1.807, 2.05) is 0 Å². The average molecular weight is 425 g/mol. The molecule has 0 aliphatic carbocycles. The first-order valence-corrected chi connectivity index (χ1v) is 10.1. The van der Waals surface area contributed by atoms with Crippen LogP contribution < -0.4 is 5.73 Å². The van der Waals surface area contributed by atoms with Gasteiger partial charge in [0.1, 0.15) is 0 Å². The minimum atomic E-state index is 0. The lowest BCUT2D eigenvalue weighted by molar-refractivity contribution is 0.525. The molecule has 0 heterocycles. The van der Waals surface area contributed by atoms with Gasteiger partial charge in [-0.2, -0.15) is 0 Å². The Morgan fingerprint density at radius 3 is 0.864 bits per heavy atom. The highest BCUT2D eigenvalue weighted by atomic mass is 127. The molecule has 0 amide bonds. The van der Waals surface area contributed by atoms with Gasteiger partial charge in [-0.25, -0.2) is 0 Å². The zero-order valence-corrected chi connectivity index (χ0v) is 17.8. The molecule has 0 unspecified atom stereocenters. The molecule has 0 aliphatic rings. The van der Waals surface area contributed by atoms with E-state index in [-0.39, 0.29) is 24.0 Å². The van der Waals surface area contributed by atoms with Gasteiger partial charge in [-0.05, 0) is 13.0 Å². The molecule has 0 saturated carbocycles. The molecule has 0 aromatic carbocycles. The van der Waals surface area contributed by atoms with Crippen molar-refractivity contribution in [1.29, 1.82) is 0 Å². The average Bonchev–Trinajstić information content (AvgIpc) is 2.50. The van der Waals surface area contributed by atoms with Crippen molar-refractivity contribution in [2.24, 2.45) is 5.73 Å². The van der Waals surface area contributed by atoms with Crippen molar-refractivity contribution in [2.75, 3.05) is 6.54 Å². The fourth-order valence-corrected chi connectivity index (χ4v) is 3.05. The lowest BCUT2D eigenvalue weighted by Gasteiger charge is -2.03. The first kappa shape index (κ1) is 24.9. The van der Waals surface area contributed by atoms with Gasteiger partial charge in [0.15, 0.2) is 0 Å². The van der Waals surface area contributed by atoms with Crippen LogP contribution >= 0.6 is 24.0 Å². The van der Waals surface area contributed by atoms with Gasteiger partial charge in [-0.3, -0.25) is 0 Å². The second kappa shape index (κ2) is 23.9. The first-order chi connectivity index (χ1) is 10.4. The van der Waals surface area contributed by atoms with E-state index in [1.165, 1.54) is 116 Å². The molecule has 1 nitrogen and oxygen atoms in total. The van der Waals surface area contributed by atoms with Gasteiger partial charge in [-0.1, -0.05) is 116 Å². The molecule has 0 spiro atoms. The molecule has 0 saturated heterocycles. The number of hydrogen-bond donors (Lipinski definition) is 1. The fraction of sp³-hybridized carbons (Fsp3) is 1.00. The Balaban J connectivity index is 0. The maximum Gasteiger partial charge on any atom is -0.00773 e. The molecule has 0 rings (SSSR count). The van der Waals surface area contributed by atoms with Crippen molar-refractivity contribution in [3.05, 3.63) is 0 Å². The second-order valence-corrected chi connectivity index (χ2v) is 6.80. The topological polar surface area (TPSA) is 26.0 Å². The van der Waals surface area contributed by atoms with E-state index in [4.69, 9.17) is 5.73 Å². The molecular weight excluding hydrogens is 381 g/mol. The summed E-state index contributed by atoms with van der Waals surface area (Å²) in [4.78, 5) is 0. The summed E-state index contributed by atoms with van der Waals surface area (Å²) in [5.41, 5.74) is 5.49.